The van der Waals surface area contributed by atoms with Crippen LogP contribution in [0.2, 0.25) is 0 Å². The second kappa shape index (κ2) is 7.61. The predicted molar refractivity (Wildman–Crippen MR) is 73.8 cm³/mol. The van der Waals surface area contributed by atoms with Crippen molar-refractivity contribution >= 4 is 21.6 Å². The van der Waals surface area contributed by atoms with Crippen LogP contribution in [0.25, 0.3) is 0 Å². The lowest BCUT2D eigenvalue weighted by Gasteiger charge is -2.08. The fourth-order valence-corrected chi connectivity index (χ4v) is 2.74. The van der Waals surface area contributed by atoms with Gasteiger partial charge in [0.25, 0.3) is 0 Å². The van der Waals surface area contributed by atoms with Gasteiger partial charge in [0, 0.05) is 12.4 Å². The normalized spacial score (nSPS) is 11.4. The molecule has 0 spiro atoms. The van der Waals surface area contributed by atoms with E-state index in [0.29, 0.717) is 18.9 Å². The highest BCUT2D eigenvalue weighted by atomic mass is 35.5. The fraction of sp³-hybridized carbons (Fsp3) is 0.500. The number of ether oxygens (including phenoxy) is 1. The Morgan fingerprint density at radius 2 is 2.17 bits per heavy atom. The Bertz CT molecular complexity index is 462. The maximum Gasteiger partial charge on any atom is 0.211 e. The third-order valence-corrected chi connectivity index (χ3v) is 3.97. The second-order valence-electron chi connectivity index (χ2n) is 3.92. The van der Waals surface area contributed by atoms with E-state index < -0.39 is 10.0 Å². The van der Waals surface area contributed by atoms with Crippen molar-refractivity contribution in [1.82, 2.24) is 4.72 Å². The highest BCUT2D eigenvalue weighted by Gasteiger charge is 2.08. The predicted octanol–water partition coefficient (Wildman–Crippen LogP) is 1.92. The second-order valence-corrected chi connectivity index (χ2v) is 6.23. The van der Waals surface area contributed by atoms with Gasteiger partial charge in [0.15, 0.2) is 0 Å². The molecule has 18 heavy (non-hydrogen) atoms. The van der Waals surface area contributed by atoms with Crippen LogP contribution in [0.15, 0.2) is 24.3 Å². The molecule has 0 amide bonds. The van der Waals surface area contributed by atoms with Gasteiger partial charge in [-0.3, -0.25) is 0 Å². The Morgan fingerprint density at radius 3 is 2.83 bits per heavy atom. The number of rotatable bonds is 8. The molecule has 6 heteroatoms. The van der Waals surface area contributed by atoms with Gasteiger partial charge in [0.1, 0.15) is 12.4 Å². The molecule has 1 N–H and O–H groups in total. The Kier molecular flexibility index (Phi) is 6.46. The molecule has 4 nitrogen and oxygen atoms in total. The Labute approximate surface area is 113 Å². The SMILES string of the molecule is Cc1cccc(OCCNS(=O)(=O)CCCCl)c1. The number of alkyl halides is 1. The molecule has 0 unspecified atom stereocenters. The van der Waals surface area contributed by atoms with Crippen molar-refractivity contribution in [2.24, 2.45) is 0 Å². The molecule has 0 radical (unpaired) electrons. The van der Waals surface area contributed by atoms with Gasteiger partial charge >= 0.3 is 0 Å². The summed E-state index contributed by atoms with van der Waals surface area (Å²) in [7, 11) is -3.22. The summed E-state index contributed by atoms with van der Waals surface area (Å²) in [6.07, 6.45) is 0.454. The van der Waals surface area contributed by atoms with Gasteiger partial charge in [-0.05, 0) is 31.0 Å². The van der Waals surface area contributed by atoms with Crippen molar-refractivity contribution in [2.45, 2.75) is 13.3 Å². The fourth-order valence-electron chi connectivity index (χ4n) is 1.39. The van der Waals surface area contributed by atoms with E-state index in [-0.39, 0.29) is 12.3 Å². The van der Waals surface area contributed by atoms with Crippen LogP contribution in [-0.2, 0) is 10.0 Å². The highest BCUT2D eigenvalue weighted by Crippen LogP contribution is 2.11. The summed E-state index contributed by atoms with van der Waals surface area (Å²) in [4.78, 5) is 0. The number of aryl methyl sites for hydroxylation is 1. The summed E-state index contributed by atoms with van der Waals surface area (Å²) in [6, 6.07) is 7.62. The number of benzene rings is 1. The smallest absolute Gasteiger partial charge is 0.211 e. The lowest BCUT2D eigenvalue weighted by atomic mass is 10.2. The van der Waals surface area contributed by atoms with Crippen LogP contribution in [-0.4, -0.2) is 33.2 Å². The molecule has 0 aromatic heterocycles. The number of hydrogen-bond acceptors (Lipinski definition) is 3. The van der Waals surface area contributed by atoms with Crippen molar-refractivity contribution in [3.05, 3.63) is 29.8 Å². The van der Waals surface area contributed by atoms with Crippen molar-refractivity contribution in [3.8, 4) is 5.75 Å². The molecule has 0 saturated carbocycles. The minimum absolute atomic E-state index is 0.0565. The third-order valence-electron chi connectivity index (χ3n) is 2.23. The molecule has 0 fully saturated rings. The molecule has 0 atom stereocenters. The maximum atomic E-state index is 11.4. The van der Waals surface area contributed by atoms with E-state index in [1.165, 1.54) is 0 Å². The van der Waals surface area contributed by atoms with Crippen molar-refractivity contribution in [2.75, 3.05) is 24.8 Å². The van der Waals surface area contributed by atoms with Gasteiger partial charge in [0.2, 0.25) is 10.0 Å². The van der Waals surface area contributed by atoms with Gasteiger partial charge < -0.3 is 4.74 Å². The van der Waals surface area contributed by atoms with Crippen LogP contribution in [0, 0.1) is 6.92 Å². The van der Waals surface area contributed by atoms with Crippen LogP contribution in [0.4, 0.5) is 0 Å². The highest BCUT2D eigenvalue weighted by molar-refractivity contribution is 7.89. The first-order chi connectivity index (χ1) is 8.53. The van der Waals surface area contributed by atoms with Crippen LogP contribution in [0.3, 0.4) is 0 Å². The molecule has 1 aromatic carbocycles. The minimum atomic E-state index is -3.22. The maximum absolute atomic E-state index is 11.4. The lowest BCUT2D eigenvalue weighted by Crippen LogP contribution is -2.30. The van der Waals surface area contributed by atoms with E-state index in [2.05, 4.69) is 4.72 Å². The molecule has 0 aliphatic rings. The first kappa shape index (κ1) is 15.3. The molecule has 0 aliphatic heterocycles. The molecule has 0 bridgehead atoms. The third kappa shape index (κ3) is 6.23. The molecule has 0 aliphatic carbocycles. The quantitative estimate of drug-likeness (QED) is 0.588. The Balaban J connectivity index is 2.26. The number of hydrogen-bond donors (Lipinski definition) is 1. The van der Waals surface area contributed by atoms with Gasteiger partial charge in [0.05, 0.1) is 5.75 Å². The van der Waals surface area contributed by atoms with Gasteiger partial charge in [-0.1, -0.05) is 12.1 Å². The standard InChI is InChI=1S/C12H18ClNO3S/c1-11-4-2-5-12(10-11)17-8-7-14-18(15,16)9-3-6-13/h2,4-5,10,14H,3,6-9H2,1H3. The zero-order valence-corrected chi connectivity index (χ0v) is 11.9. The summed E-state index contributed by atoms with van der Waals surface area (Å²) >= 11 is 5.45. The molecular weight excluding hydrogens is 274 g/mol. The average Bonchev–Trinajstić information content (AvgIpc) is 2.32. The first-order valence-electron chi connectivity index (χ1n) is 5.76. The van der Waals surface area contributed by atoms with Crippen LogP contribution >= 0.6 is 11.6 Å². The van der Waals surface area contributed by atoms with E-state index in [0.717, 1.165) is 11.3 Å². The summed E-state index contributed by atoms with van der Waals surface area (Å²) in [5.74, 6) is 1.15. The van der Waals surface area contributed by atoms with E-state index in [1.54, 1.807) is 0 Å². The Hall–Kier alpha value is -0.780. The van der Waals surface area contributed by atoms with Crippen LogP contribution in [0.1, 0.15) is 12.0 Å². The summed E-state index contributed by atoms with van der Waals surface area (Å²) in [5, 5.41) is 0. The molecule has 1 rings (SSSR count). The molecule has 0 saturated heterocycles. The molecule has 102 valence electrons. The van der Waals surface area contributed by atoms with Crippen LogP contribution < -0.4 is 9.46 Å². The summed E-state index contributed by atoms with van der Waals surface area (Å²) in [6.45, 7) is 2.55. The van der Waals surface area contributed by atoms with E-state index in [1.807, 2.05) is 31.2 Å². The lowest BCUT2D eigenvalue weighted by molar-refractivity contribution is 0.322. The number of halogens is 1. The molecule has 0 heterocycles. The van der Waals surface area contributed by atoms with E-state index in [9.17, 15) is 8.42 Å². The van der Waals surface area contributed by atoms with Crippen molar-refractivity contribution in [3.63, 3.8) is 0 Å². The van der Waals surface area contributed by atoms with Gasteiger partial charge in [-0.25, -0.2) is 13.1 Å². The topological polar surface area (TPSA) is 55.4 Å². The number of nitrogens with one attached hydrogen (secondary N) is 1. The molecular formula is C12H18ClNO3S. The first-order valence-corrected chi connectivity index (χ1v) is 7.95. The zero-order valence-electron chi connectivity index (χ0n) is 10.4. The monoisotopic (exact) mass is 291 g/mol. The van der Waals surface area contributed by atoms with Crippen molar-refractivity contribution in [1.29, 1.82) is 0 Å². The molecule has 1 aromatic rings. The van der Waals surface area contributed by atoms with Gasteiger partial charge in [-0.2, -0.15) is 0 Å². The van der Waals surface area contributed by atoms with Crippen LogP contribution in [0.5, 0.6) is 5.75 Å². The van der Waals surface area contributed by atoms with Crippen molar-refractivity contribution < 1.29 is 13.2 Å². The average molecular weight is 292 g/mol. The summed E-state index contributed by atoms with van der Waals surface area (Å²) in [5.41, 5.74) is 1.11. The summed E-state index contributed by atoms with van der Waals surface area (Å²) < 4.78 is 30.8. The number of sulfonamides is 1. The Morgan fingerprint density at radius 1 is 1.39 bits per heavy atom. The van der Waals surface area contributed by atoms with E-state index in [4.69, 9.17) is 16.3 Å². The van der Waals surface area contributed by atoms with E-state index >= 15 is 0 Å². The minimum Gasteiger partial charge on any atom is -0.492 e. The zero-order chi connectivity index (χ0) is 13.4. The largest absolute Gasteiger partial charge is 0.492 e. The van der Waals surface area contributed by atoms with Gasteiger partial charge in [-0.15, -0.1) is 11.6 Å².